The topological polar surface area (TPSA) is 155 Å². The van der Waals surface area contributed by atoms with Crippen LogP contribution in [0.1, 0.15) is 201 Å². The number of esters is 3. The van der Waals surface area contributed by atoms with Crippen molar-refractivity contribution in [1.29, 1.82) is 0 Å². The Balaban J connectivity index is 4.98. The number of allylic oxidation sites excluding steroid dienone is 28. The fourth-order valence-corrected chi connectivity index (χ4v) is 7.93. The first-order valence-electron chi connectivity index (χ1n) is 30.0. The molecule has 0 bridgehead atoms. The Labute approximate surface area is 485 Å². The number of carbonyl (C=O) groups is 3. The van der Waals surface area contributed by atoms with E-state index >= 15 is 0 Å². The molecule has 0 aliphatic carbocycles. The Morgan fingerprint density at radius 1 is 0.362 bits per heavy atom. The lowest BCUT2D eigenvalue weighted by atomic mass is 10.1. The number of ether oxygens (including phenoxy) is 3. The van der Waals surface area contributed by atoms with Crippen LogP contribution in [0.4, 0.5) is 0 Å². The molecule has 12 heteroatoms. The van der Waals surface area contributed by atoms with E-state index in [0.29, 0.717) is 25.7 Å². The normalized spacial score (nSPS) is 14.5. The van der Waals surface area contributed by atoms with Crippen LogP contribution < -0.4 is 0 Å². The van der Waals surface area contributed by atoms with Crippen LogP contribution in [0.5, 0.6) is 0 Å². The Morgan fingerprint density at radius 2 is 0.675 bits per heavy atom. The van der Waals surface area contributed by atoms with Gasteiger partial charge in [-0.1, -0.05) is 223 Å². The molecule has 80 heavy (non-hydrogen) atoms. The molecular weight excluding hydrogens is 1020 g/mol. The summed E-state index contributed by atoms with van der Waals surface area (Å²) in [5, 5.41) is 9.83. The van der Waals surface area contributed by atoms with Crippen LogP contribution >= 0.6 is 7.82 Å². The molecule has 0 radical (unpaired) electrons. The van der Waals surface area contributed by atoms with E-state index in [0.717, 1.165) is 116 Å². The molecule has 2 N–H and O–H groups in total. The lowest BCUT2D eigenvalue weighted by Crippen LogP contribution is -2.30. The number of phosphoric acid groups is 1. The zero-order chi connectivity index (χ0) is 58.3. The molecule has 0 rings (SSSR count). The molecule has 0 aromatic rings. The molecule has 0 aliphatic heterocycles. The van der Waals surface area contributed by atoms with Gasteiger partial charge in [-0.25, -0.2) is 4.57 Å². The number of hydrogen-bond acceptors (Lipinski definition) is 10. The van der Waals surface area contributed by atoms with E-state index in [1.807, 2.05) is 24.3 Å². The van der Waals surface area contributed by atoms with Crippen LogP contribution in [-0.2, 0) is 42.2 Å². The first-order chi connectivity index (χ1) is 39.2. The van der Waals surface area contributed by atoms with E-state index in [1.165, 1.54) is 19.3 Å². The van der Waals surface area contributed by atoms with E-state index in [1.54, 1.807) is 0 Å². The summed E-state index contributed by atoms with van der Waals surface area (Å²) in [6.07, 6.45) is 80.5. The van der Waals surface area contributed by atoms with E-state index in [-0.39, 0.29) is 19.3 Å². The van der Waals surface area contributed by atoms with E-state index < -0.39 is 64.4 Å². The highest BCUT2D eigenvalue weighted by Crippen LogP contribution is 2.43. The molecule has 448 valence electrons. The monoisotopic (exact) mass is 1130 g/mol. The SMILES string of the molecule is CC/C=C\C/C=C\C/C=C\C/C=C\C/C=C\C/C=C\CCC(=O)OCC(COP(=O)(O)OCC(CO)OC(=O)CCCCCCC/C=C\C/C=C\CCCCC)OC(=O)CC/C=C\C/C=C\C/C=C\C/C=C\C/C=C\C/C=C\CC. The molecule has 11 nitrogen and oxygen atoms in total. The number of unbranched alkanes of at least 4 members (excludes halogenated alkanes) is 8. The van der Waals surface area contributed by atoms with Crippen molar-refractivity contribution in [3.63, 3.8) is 0 Å². The van der Waals surface area contributed by atoms with E-state index in [2.05, 4.69) is 167 Å². The summed E-state index contributed by atoms with van der Waals surface area (Å²) in [6, 6.07) is 0. The maximum absolute atomic E-state index is 12.9. The highest BCUT2D eigenvalue weighted by Gasteiger charge is 2.28. The Bertz CT molecular complexity index is 1990. The third-order valence-electron chi connectivity index (χ3n) is 11.6. The summed E-state index contributed by atoms with van der Waals surface area (Å²) in [5.74, 6) is -1.71. The molecule has 0 aromatic carbocycles. The molecule has 0 saturated heterocycles. The Morgan fingerprint density at radius 3 is 1.07 bits per heavy atom. The third kappa shape index (κ3) is 57.5. The van der Waals surface area contributed by atoms with Crippen molar-refractivity contribution in [3.05, 3.63) is 170 Å². The van der Waals surface area contributed by atoms with Crippen molar-refractivity contribution in [2.45, 2.75) is 213 Å². The molecule has 0 aromatic heterocycles. The fourth-order valence-electron chi connectivity index (χ4n) is 7.14. The average Bonchev–Trinajstić information content (AvgIpc) is 3.45. The summed E-state index contributed by atoms with van der Waals surface area (Å²) >= 11 is 0. The molecule has 0 spiro atoms. The predicted octanol–water partition coefficient (Wildman–Crippen LogP) is 18.2. The van der Waals surface area contributed by atoms with Gasteiger partial charge in [-0.15, -0.1) is 0 Å². The van der Waals surface area contributed by atoms with Crippen molar-refractivity contribution in [1.82, 2.24) is 0 Å². The smallest absolute Gasteiger partial charge is 0.462 e. The zero-order valence-electron chi connectivity index (χ0n) is 49.5. The minimum atomic E-state index is -4.80. The molecule has 0 amide bonds. The number of phosphoric ester groups is 1. The van der Waals surface area contributed by atoms with Gasteiger partial charge in [0.15, 0.2) is 6.10 Å². The molecule has 0 aliphatic rings. The third-order valence-corrected chi connectivity index (χ3v) is 12.6. The number of carbonyl (C=O) groups excluding carboxylic acids is 3. The van der Waals surface area contributed by atoms with Gasteiger partial charge in [0.2, 0.25) is 0 Å². The van der Waals surface area contributed by atoms with Crippen molar-refractivity contribution in [2.75, 3.05) is 26.4 Å². The molecular formula is C68H105O11P. The standard InChI is InChI=1S/C68H105O11P/c1-4-7-10-13-16-19-22-25-28-30-32-34-37-39-42-45-48-51-54-57-66(70)75-61-65(79-68(72)59-56-53-50-47-44-41-38-35-33-31-29-26-23-20-17-14-11-8-5-2)63-77-80(73,74)76-62-64(60-69)78-67(71)58-55-52-49-46-43-40-36-27-24-21-18-15-12-9-6-3/h7-8,10-11,16-21,25-29,32-36,39,41-42,44,48,50-51,53,64-65,69H,4-6,9,12-15,22-24,30-31,37-38,40,43,45-47,49,52,54-63H2,1-3H3,(H,73,74)/b10-7-,11-8-,19-16-,20-17-,21-18-,28-25-,29-26-,34-32-,35-33-,36-27-,42-39-,44-41-,51-48-,53-50-. The first-order valence-corrected chi connectivity index (χ1v) is 31.5. The Kier molecular flexibility index (Phi) is 56.1. The first kappa shape index (κ1) is 74.8. The number of rotatable bonds is 53. The summed E-state index contributed by atoms with van der Waals surface area (Å²) in [7, 11) is -4.80. The van der Waals surface area contributed by atoms with Crippen LogP contribution in [-0.4, -0.2) is 66.5 Å². The van der Waals surface area contributed by atoms with Gasteiger partial charge < -0.3 is 24.2 Å². The van der Waals surface area contributed by atoms with Crippen molar-refractivity contribution in [3.8, 4) is 0 Å². The van der Waals surface area contributed by atoms with E-state index in [9.17, 15) is 28.9 Å². The predicted molar refractivity (Wildman–Crippen MR) is 334 cm³/mol. The summed E-state index contributed by atoms with van der Waals surface area (Å²) in [4.78, 5) is 48.6. The van der Waals surface area contributed by atoms with Gasteiger partial charge in [-0.2, -0.15) is 0 Å². The fraction of sp³-hybridized carbons (Fsp3) is 0.544. The van der Waals surface area contributed by atoms with Gasteiger partial charge in [0, 0.05) is 19.3 Å². The van der Waals surface area contributed by atoms with Gasteiger partial charge in [0.05, 0.1) is 19.8 Å². The molecule has 0 heterocycles. The molecule has 3 unspecified atom stereocenters. The Hall–Kier alpha value is -5.16. The van der Waals surface area contributed by atoms with Gasteiger partial charge in [-0.3, -0.25) is 23.4 Å². The van der Waals surface area contributed by atoms with Crippen molar-refractivity contribution in [2.24, 2.45) is 0 Å². The minimum absolute atomic E-state index is 0.0152. The van der Waals surface area contributed by atoms with Gasteiger partial charge in [-0.05, 0) is 128 Å². The second kappa shape index (κ2) is 59.9. The van der Waals surface area contributed by atoms with Crippen LogP contribution in [0.15, 0.2) is 170 Å². The largest absolute Gasteiger partial charge is 0.472 e. The van der Waals surface area contributed by atoms with E-state index in [4.69, 9.17) is 23.3 Å². The lowest BCUT2D eigenvalue weighted by molar-refractivity contribution is -0.161. The van der Waals surface area contributed by atoms with Crippen LogP contribution in [0.3, 0.4) is 0 Å². The van der Waals surface area contributed by atoms with Crippen LogP contribution in [0.25, 0.3) is 0 Å². The quantitative estimate of drug-likeness (QED) is 0.0197. The summed E-state index contributed by atoms with van der Waals surface area (Å²) < 4.78 is 39.4. The van der Waals surface area contributed by atoms with Gasteiger partial charge in [0.1, 0.15) is 12.7 Å². The molecule has 3 atom stereocenters. The van der Waals surface area contributed by atoms with Crippen LogP contribution in [0.2, 0.25) is 0 Å². The zero-order valence-corrected chi connectivity index (χ0v) is 50.4. The lowest BCUT2D eigenvalue weighted by Gasteiger charge is -2.21. The van der Waals surface area contributed by atoms with Gasteiger partial charge in [0.25, 0.3) is 0 Å². The maximum atomic E-state index is 12.9. The summed E-state index contributed by atoms with van der Waals surface area (Å²) in [6.45, 7) is 4.18. The van der Waals surface area contributed by atoms with Gasteiger partial charge >= 0.3 is 25.7 Å². The van der Waals surface area contributed by atoms with Crippen molar-refractivity contribution >= 4 is 25.7 Å². The average molecular weight is 1130 g/mol. The number of aliphatic hydroxyl groups excluding tert-OH is 1. The maximum Gasteiger partial charge on any atom is 0.472 e. The van der Waals surface area contributed by atoms with Crippen molar-refractivity contribution < 1.29 is 52.2 Å². The molecule has 0 fully saturated rings. The number of aliphatic hydroxyl groups is 1. The number of hydrogen-bond donors (Lipinski definition) is 2. The summed E-state index contributed by atoms with van der Waals surface area (Å²) in [5.41, 5.74) is 0. The highest BCUT2D eigenvalue weighted by molar-refractivity contribution is 7.47. The molecule has 0 saturated carbocycles. The minimum Gasteiger partial charge on any atom is -0.462 e. The second-order valence-corrected chi connectivity index (χ2v) is 20.5. The highest BCUT2D eigenvalue weighted by atomic mass is 31.2. The van der Waals surface area contributed by atoms with Crippen LogP contribution in [0, 0.1) is 0 Å². The second-order valence-electron chi connectivity index (χ2n) is 19.0.